The Morgan fingerprint density at radius 2 is 0.778 bits per heavy atom. The normalized spacial score (nSPS) is 11.5. The summed E-state index contributed by atoms with van der Waals surface area (Å²) in [6, 6.07) is 78.8. The van der Waals surface area contributed by atoms with E-state index in [-0.39, 0.29) is 0 Å². The van der Waals surface area contributed by atoms with E-state index in [2.05, 4.69) is 206 Å². The van der Waals surface area contributed by atoms with Gasteiger partial charge < -0.3 is 4.42 Å². The van der Waals surface area contributed by atoms with Crippen LogP contribution < -0.4 is 0 Å². The summed E-state index contributed by atoms with van der Waals surface area (Å²) in [7, 11) is 0. The highest BCUT2D eigenvalue weighted by atomic mass is 16.3. The highest BCUT2D eigenvalue weighted by Crippen LogP contribution is 2.42. The minimum atomic E-state index is 0.580. The molecular formula is C59H37N3O. The second kappa shape index (κ2) is 15.2. The Morgan fingerprint density at radius 1 is 0.270 bits per heavy atom. The summed E-state index contributed by atoms with van der Waals surface area (Å²) in [5, 5.41) is 6.80. The van der Waals surface area contributed by atoms with Gasteiger partial charge in [0, 0.05) is 33.0 Å². The van der Waals surface area contributed by atoms with Gasteiger partial charge in [-0.2, -0.15) is 0 Å². The van der Waals surface area contributed by atoms with Gasteiger partial charge in [-0.05, 0) is 84.8 Å². The molecule has 0 N–H and O–H groups in total. The van der Waals surface area contributed by atoms with Crippen molar-refractivity contribution < 1.29 is 4.42 Å². The van der Waals surface area contributed by atoms with Gasteiger partial charge in [0.2, 0.25) is 0 Å². The molecule has 63 heavy (non-hydrogen) atoms. The molecule has 12 rings (SSSR count). The van der Waals surface area contributed by atoms with Crippen LogP contribution in [0.2, 0.25) is 0 Å². The van der Waals surface area contributed by atoms with Crippen LogP contribution in [-0.2, 0) is 0 Å². The highest BCUT2D eigenvalue weighted by Gasteiger charge is 2.20. The van der Waals surface area contributed by atoms with Crippen LogP contribution in [0, 0.1) is 0 Å². The molecule has 0 bridgehead atoms. The molecule has 2 heterocycles. The van der Waals surface area contributed by atoms with Gasteiger partial charge in [-0.25, -0.2) is 15.0 Å². The molecule has 0 saturated carbocycles. The summed E-state index contributed by atoms with van der Waals surface area (Å²) in [5.74, 6) is 1.78. The van der Waals surface area contributed by atoms with E-state index in [1.165, 1.54) is 32.7 Å². The first-order valence-electron chi connectivity index (χ1n) is 21.2. The summed E-state index contributed by atoms with van der Waals surface area (Å²) in [5.41, 5.74) is 13.3. The van der Waals surface area contributed by atoms with Crippen LogP contribution in [0.1, 0.15) is 0 Å². The zero-order valence-corrected chi connectivity index (χ0v) is 34.1. The lowest BCUT2D eigenvalue weighted by atomic mass is 9.92. The van der Waals surface area contributed by atoms with Crippen LogP contribution in [0.25, 0.3) is 122 Å². The zero-order chi connectivity index (χ0) is 41.7. The summed E-state index contributed by atoms with van der Waals surface area (Å²) in [6.07, 6.45) is 0. The number of hydrogen-bond donors (Lipinski definition) is 0. The maximum Gasteiger partial charge on any atom is 0.164 e. The highest BCUT2D eigenvalue weighted by molar-refractivity contribution is 6.15. The van der Waals surface area contributed by atoms with E-state index in [1.54, 1.807) is 0 Å². The first-order valence-corrected chi connectivity index (χ1v) is 21.2. The average Bonchev–Trinajstić information content (AvgIpc) is 3.76. The molecule has 0 amide bonds. The summed E-state index contributed by atoms with van der Waals surface area (Å²) in [4.78, 5) is 15.6. The molecule has 0 radical (unpaired) electrons. The van der Waals surface area contributed by atoms with Crippen LogP contribution in [0.3, 0.4) is 0 Å². The van der Waals surface area contributed by atoms with E-state index in [9.17, 15) is 0 Å². The Labute approximate surface area is 364 Å². The lowest BCUT2D eigenvalue weighted by Gasteiger charge is -2.12. The molecule has 0 aliphatic heterocycles. The summed E-state index contributed by atoms with van der Waals surface area (Å²) >= 11 is 0. The van der Waals surface area contributed by atoms with Gasteiger partial charge in [-0.3, -0.25) is 0 Å². The van der Waals surface area contributed by atoms with Crippen molar-refractivity contribution >= 4 is 43.5 Å². The number of para-hydroxylation sites is 1. The molecule has 0 saturated heterocycles. The van der Waals surface area contributed by atoms with Crippen molar-refractivity contribution in [2.24, 2.45) is 0 Å². The molecule has 4 heteroatoms. The van der Waals surface area contributed by atoms with Crippen molar-refractivity contribution in [3.8, 4) is 78.7 Å². The quantitative estimate of drug-likeness (QED) is 0.161. The van der Waals surface area contributed by atoms with Crippen LogP contribution in [0.4, 0.5) is 0 Å². The standard InChI is InChI=1S/C59H37N3O/c1-3-13-38(14-4-1)40-25-30-43(31-26-40)57-60-58(44-32-27-41(28-33-44)46-34-29-39-15-7-8-18-45(39)35-46)62-59(61-57)52-23-12-24-54-55(52)51-22-11-21-50(56(51)63-54)48-36-47-19-9-10-20-49(47)53(37-48)42-16-5-2-6-17-42/h1-37H. The van der Waals surface area contributed by atoms with Gasteiger partial charge in [-0.1, -0.05) is 200 Å². The van der Waals surface area contributed by atoms with Crippen molar-refractivity contribution in [1.29, 1.82) is 0 Å². The lowest BCUT2D eigenvalue weighted by Crippen LogP contribution is -2.00. The predicted octanol–water partition coefficient (Wildman–Crippen LogP) is 15.7. The molecule has 4 nitrogen and oxygen atoms in total. The van der Waals surface area contributed by atoms with E-state index in [0.29, 0.717) is 17.5 Å². The number of hydrogen-bond acceptors (Lipinski definition) is 4. The Hall–Kier alpha value is -8.47. The fourth-order valence-corrected chi connectivity index (χ4v) is 8.96. The fourth-order valence-electron chi connectivity index (χ4n) is 8.96. The van der Waals surface area contributed by atoms with E-state index < -0.39 is 0 Å². The predicted molar refractivity (Wildman–Crippen MR) is 260 cm³/mol. The number of fused-ring (bicyclic) bond motifs is 5. The molecule has 0 aliphatic rings. The largest absolute Gasteiger partial charge is 0.455 e. The molecule has 12 aromatic rings. The number of rotatable bonds is 7. The van der Waals surface area contributed by atoms with Gasteiger partial charge in [0.15, 0.2) is 17.5 Å². The molecule has 0 fully saturated rings. The second-order valence-electron chi connectivity index (χ2n) is 16.0. The van der Waals surface area contributed by atoms with Crippen molar-refractivity contribution in [2.45, 2.75) is 0 Å². The molecule has 0 unspecified atom stereocenters. The third-order valence-corrected chi connectivity index (χ3v) is 12.1. The van der Waals surface area contributed by atoms with Gasteiger partial charge >= 0.3 is 0 Å². The number of furan rings is 1. The Morgan fingerprint density at radius 3 is 1.51 bits per heavy atom. The number of benzene rings is 10. The zero-order valence-electron chi connectivity index (χ0n) is 34.1. The van der Waals surface area contributed by atoms with Crippen LogP contribution >= 0.6 is 0 Å². The second-order valence-corrected chi connectivity index (χ2v) is 16.0. The third kappa shape index (κ3) is 6.62. The molecular weight excluding hydrogens is 767 g/mol. The Balaban J connectivity index is 1.01. The SMILES string of the molecule is c1ccc(-c2ccc(-c3nc(-c4ccc(-c5ccc6ccccc6c5)cc4)nc(-c4cccc5oc6c(-c7cc(-c8ccccc8)c8ccccc8c7)cccc6c45)n3)cc2)cc1. The van der Waals surface area contributed by atoms with Crippen LogP contribution in [-0.4, -0.2) is 15.0 Å². The first-order chi connectivity index (χ1) is 31.2. The Bertz CT molecular complexity index is 3650. The van der Waals surface area contributed by atoms with E-state index in [4.69, 9.17) is 19.4 Å². The molecule has 294 valence electrons. The summed E-state index contributed by atoms with van der Waals surface area (Å²) < 4.78 is 6.85. The summed E-state index contributed by atoms with van der Waals surface area (Å²) in [6.45, 7) is 0. The lowest BCUT2D eigenvalue weighted by molar-refractivity contribution is 0.670. The van der Waals surface area contributed by atoms with Crippen LogP contribution in [0.15, 0.2) is 229 Å². The monoisotopic (exact) mass is 803 g/mol. The van der Waals surface area contributed by atoms with E-state index in [0.717, 1.165) is 72.0 Å². The van der Waals surface area contributed by atoms with Gasteiger partial charge in [0.05, 0.1) is 0 Å². The maximum absolute atomic E-state index is 6.85. The number of aromatic nitrogens is 3. The smallest absolute Gasteiger partial charge is 0.164 e. The molecule has 10 aromatic carbocycles. The van der Waals surface area contributed by atoms with Gasteiger partial charge in [-0.15, -0.1) is 0 Å². The van der Waals surface area contributed by atoms with Crippen molar-refractivity contribution in [2.75, 3.05) is 0 Å². The minimum Gasteiger partial charge on any atom is -0.455 e. The maximum atomic E-state index is 6.85. The van der Waals surface area contributed by atoms with Gasteiger partial charge in [0.25, 0.3) is 0 Å². The third-order valence-electron chi connectivity index (χ3n) is 12.1. The van der Waals surface area contributed by atoms with Crippen molar-refractivity contribution in [3.05, 3.63) is 224 Å². The number of nitrogens with zero attached hydrogens (tertiary/aromatic N) is 3. The van der Waals surface area contributed by atoms with E-state index >= 15 is 0 Å². The Kier molecular flexibility index (Phi) is 8.79. The fraction of sp³-hybridized carbons (Fsp3) is 0. The van der Waals surface area contributed by atoms with E-state index in [1.807, 2.05) is 18.2 Å². The minimum absolute atomic E-state index is 0.580. The molecule has 0 spiro atoms. The molecule has 2 aromatic heterocycles. The average molecular weight is 804 g/mol. The van der Waals surface area contributed by atoms with Gasteiger partial charge in [0.1, 0.15) is 11.2 Å². The van der Waals surface area contributed by atoms with Crippen molar-refractivity contribution in [1.82, 2.24) is 15.0 Å². The molecule has 0 aliphatic carbocycles. The topological polar surface area (TPSA) is 51.8 Å². The van der Waals surface area contributed by atoms with Crippen LogP contribution in [0.5, 0.6) is 0 Å². The first kappa shape index (κ1) is 36.4. The van der Waals surface area contributed by atoms with Crippen molar-refractivity contribution in [3.63, 3.8) is 0 Å². The molecule has 0 atom stereocenters.